The van der Waals surface area contributed by atoms with Crippen molar-refractivity contribution in [2.45, 2.75) is 18.8 Å². The molecule has 0 aromatic heterocycles. The molecule has 2 N–H and O–H groups in total. The van der Waals surface area contributed by atoms with Crippen molar-refractivity contribution in [1.29, 1.82) is 0 Å². The van der Waals surface area contributed by atoms with Crippen LogP contribution in [-0.2, 0) is 4.79 Å². The van der Waals surface area contributed by atoms with Gasteiger partial charge in [-0.1, -0.05) is 0 Å². The molecule has 0 saturated heterocycles. The summed E-state index contributed by atoms with van der Waals surface area (Å²) < 4.78 is 0.00838. The number of likely N-dealkylation sites (N-methyl/N-ethyl adjacent to an activating group) is 1. The molecular formula is C7H15NO4. The minimum atomic E-state index is -1.33. The van der Waals surface area contributed by atoms with Crippen molar-refractivity contribution in [3.63, 3.8) is 0 Å². The first kappa shape index (κ1) is 11.4. The van der Waals surface area contributed by atoms with E-state index in [9.17, 15) is 9.90 Å². The first-order valence-electron chi connectivity index (χ1n) is 3.62. The van der Waals surface area contributed by atoms with Gasteiger partial charge in [0.05, 0.1) is 27.6 Å². The maximum Gasteiger partial charge on any atom is 0.306 e. The summed E-state index contributed by atoms with van der Waals surface area (Å²) in [6, 6.07) is 0. The van der Waals surface area contributed by atoms with E-state index in [1.165, 1.54) is 0 Å². The monoisotopic (exact) mass is 177 g/mol. The third-order valence-corrected chi connectivity index (χ3v) is 1.48. The number of carbonyl (C=O) groups is 1. The summed E-state index contributed by atoms with van der Waals surface area (Å²) in [6.45, 7) is 0. The van der Waals surface area contributed by atoms with Gasteiger partial charge in [0, 0.05) is 6.23 Å². The Morgan fingerprint density at radius 1 is 1.50 bits per heavy atom. The molecule has 0 heterocycles. The van der Waals surface area contributed by atoms with Gasteiger partial charge in [0.1, 0.15) is 6.10 Å². The molecule has 1 unspecified atom stereocenters. The van der Waals surface area contributed by atoms with Crippen molar-refractivity contribution in [1.82, 2.24) is 0 Å². The lowest BCUT2D eigenvalue weighted by atomic mass is 10.2. The summed E-state index contributed by atoms with van der Waals surface area (Å²) in [5.41, 5.74) is 0. The molecule has 0 aliphatic heterocycles. The molecule has 5 nitrogen and oxygen atoms in total. The molecule has 0 amide bonds. The highest BCUT2D eigenvalue weighted by molar-refractivity contribution is 5.67. The van der Waals surface area contributed by atoms with E-state index < -0.39 is 24.7 Å². The average Bonchev–Trinajstić information content (AvgIpc) is 1.82. The highest BCUT2D eigenvalue weighted by atomic mass is 16.4. The van der Waals surface area contributed by atoms with Crippen LogP contribution in [0, 0.1) is 0 Å². The number of quaternary nitrogens is 1. The fraction of sp³-hybridized carbons (Fsp3) is 0.857. The van der Waals surface area contributed by atoms with Crippen LogP contribution in [0.15, 0.2) is 0 Å². The zero-order chi connectivity index (χ0) is 9.94. The fourth-order valence-electron chi connectivity index (χ4n) is 0.796. The van der Waals surface area contributed by atoms with Crippen molar-refractivity contribution in [2.75, 3.05) is 21.1 Å². The van der Waals surface area contributed by atoms with Gasteiger partial charge in [-0.2, -0.15) is 0 Å². The van der Waals surface area contributed by atoms with Gasteiger partial charge < -0.3 is 19.8 Å². The Kier molecular flexibility index (Phi) is 3.63. The summed E-state index contributed by atoms with van der Waals surface area (Å²) in [6.07, 6.45) is -3.15. The predicted octanol–water partition coefficient (Wildman–Crippen LogP) is -1.79. The quantitative estimate of drug-likeness (QED) is 0.393. The van der Waals surface area contributed by atoms with Gasteiger partial charge in [0.2, 0.25) is 0 Å². The number of carboxylic acid groups (broad SMARTS) is 1. The van der Waals surface area contributed by atoms with E-state index in [1.807, 2.05) is 0 Å². The van der Waals surface area contributed by atoms with Crippen LogP contribution < -0.4 is 5.11 Å². The van der Waals surface area contributed by atoms with Gasteiger partial charge in [-0.25, -0.2) is 0 Å². The van der Waals surface area contributed by atoms with E-state index in [2.05, 4.69) is 0 Å². The normalized spacial score (nSPS) is 17.1. The Morgan fingerprint density at radius 2 is 1.92 bits per heavy atom. The van der Waals surface area contributed by atoms with Gasteiger partial charge in [0.25, 0.3) is 0 Å². The second kappa shape index (κ2) is 3.84. The van der Waals surface area contributed by atoms with Crippen molar-refractivity contribution in [3.8, 4) is 0 Å². The van der Waals surface area contributed by atoms with Crippen molar-refractivity contribution < 1.29 is 24.6 Å². The zero-order valence-corrected chi connectivity index (χ0v) is 7.52. The third-order valence-electron chi connectivity index (χ3n) is 1.48. The molecule has 5 heteroatoms. The second-order valence-corrected chi connectivity index (χ2v) is 3.67. The zero-order valence-electron chi connectivity index (χ0n) is 7.52. The van der Waals surface area contributed by atoms with Crippen LogP contribution in [0.4, 0.5) is 0 Å². The van der Waals surface area contributed by atoms with Crippen LogP contribution in [0.5, 0.6) is 0 Å². The summed E-state index contributed by atoms with van der Waals surface area (Å²) in [4.78, 5) is 10.1. The molecule has 0 aliphatic carbocycles. The Bertz CT molecular complexity index is 163. The Hall–Kier alpha value is -0.650. The summed E-state index contributed by atoms with van der Waals surface area (Å²) in [5.74, 6) is -1.16. The van der Waals surface area contributed by atoms with E-state index >= 15 is 0 Å². The number of hydrogen-bond acceptors (Lipinski definition) is 3. The topological polar surface area (TPSA) is 80.6 Å². The Morgan fingerprint density at radius 3 is 2.17 bits per heavy atom. The highest BCUT2D eigenvalue weighted by Gasteiger charge is 2.23. The van der Waals surface area contributed by atoms with E-state index in [0.29, 0.717) is 0 Å². The molecule has 2 atom stereocenters. The van der Waals surface area contributed by atoms with Crippen LogP contribution in [0.3, 0.4) is 0 Å². The van der Waals surface area contributed by atoms with Crippen LogP contribution in [0.1, 0.15) is 6.42 Å². The maximum absolute atomic E-state index is 11.2. The molecule has 72 valence electrons. The molecule has 0 spiro atoms. The van der Waals surface area contributed by atoms with Gasteiger partial charge in [-0.15, -0.1) is 0 Å². The largest absolute Gasteiger partial charge is 0.804 e. The number of aliphatic carboxylic acids is 1. The number of nitrogens with zero attached hydrogens (tertiary/aromatic N) is 1. The van der Waals surface area contributed by atoms with Crippen LogP contribution in [-0.4, -0.2) is 54.1 Å². The number of carboxylic acids is 1. The van der Waals surface area contributed by atoms with E-state index in [-0.39, 0.29) is 4.48 Å². The van der Waals surface area contributed by atoms with Crippen LogP contribution >= 0.6 is 0 Å². The van der Waals surface area contributed by atoms with Gasteiger partial charge >= 0.3 is 5.97 Å². The van der Waals surface area contributed by atoms with Gasteiger partial charge in [-0.05, 0) is 0 Å². The standard InChI is InChI=1S/C7H15NO4/c1-8(2,3)7(12)5(9)4-6(10)11/h5,7,9H,4H2,1-3H3,(H,10,11)/t5-,7?/m1/s1. The minimum absolute atomic E-state index is 0.00838. The van der Waals surface area contributed by atoms with Crippen molar-refractivity contribution in [3.05, 3.63) is 0 Å². The Balaban J connectivity index is 4.10. The van der Waals surface area contributed by atoms with E-state index in [4.69, 9.17) is 10.2 Å². The highest BCUT2D eigenvalue weighted by Crippen LogP contribution is 2.04. The number of rotatable bonds is 4. The first-order valence-corrected chi connectivity index (χ1v) is 3.62. The molecule has 0 bridgehead atoms. The number of hydrogen-bond donors (Lipinski definition) is 2. The summed E-state index contributed by atoms with van der Waals surface area (Å²) >= 11 is 0. The van der Waals surface area contributed by atoms with Gasteiger partial charge in [0.15, 0.2) is 0 Å². The van der Waals surface area contributed by atoms with Crippen molar-refractivity contribution >= 4 is 5.97 Å². The molecule has 0 radical (unpaired) electrons. The molecule has 0 saturated carbocycles. The minimum Gasteiger partial charge on any atom is -0.804 e. The molecular weight excluding hydrogens is 162 g/mol. The SMILES string of the molecule is C[N+](C)(C)C([O-])[C@H](O)CC(=O)O. The lowest BCUT2D eigenvalue weighted by Gasteiger charge is -2.41. The number of aliphatic hydroxyl groups excluding tert-OH is 1. The molecule has 12 heavy (non-hydrogen) atoms. The smallest absolute Gasteiger partial charge is 0.306 e. The van der Waals surface area contributed by atoms with Crippen LogP contribution in [0.2, 0.25) is 0 Å². The summed E-state index contributed by atoms with van der Waals surface area (Å²) in [7, 11) is 4.84. The lowest BCUT2D eigenvalue weighted by molar-refractivity contribution is -0.973. The third kappa shape index (κ3) is 3.66. The molecule has 0 aliphatic rings. The molecule has 0 rings (SSSR count). The second-order valence-electron chi connectivity index (χ2n) is 3.67. The summed E-state index contributed by atoms with van der Waals surface area (Å²) in [5, 5.41) is 28.6. The number of aliphatic hydroxyl groups is 1. The first-order chi connectivity index (χ1) is 5.25. The fourth-order valence-corrected chi connectivity index (χ4v) is 0.796. The lowest BCUT2D eigenvalue weighted by Crippen LogP contribution is -2.59. The van der Waals surface area contributed by atoms with Crippen molar-refractivity contribution in [2.24, 2.45) is 0 Å². The van der Waals surface area contributed by atoms with Gasteiger partial charge in [-0.3, -0.25) is 4.79 Å². The Labute approximate surface area is 71.4 Å². The van der Waals surface area contributed by atoms with E-state index in [1.54, 1.807) is 21.1 Å². The molecule has 0 aromatic carbocycles. The molecule has 0 fully saturated rings. The van der Waals surface area contributed by atoms with Crippen LogP contribution in [0.25, 0.3) is 0 Å². The predicted molar refractivity (Wildman–Crippen MR) is 40.1 cm³/mol. The maximum atomic E-state index is 11.2. The molecule has 0 aromatic rings. The average molecular weight is 177 g/mol. The van der Waals surface area contributed by atoms with E-state index in [0.717, 1.165) is 0 Å².